The fraction of sp³-hybridized carbons (Fsp3) is 0.0714. The van der Waals surface area contributed by atoms with Crippen molar-refractivity contribution in [1.82, 2.24) is 0 Å². The number of benzene rings is 2. The van der Waals surface area contributed by atoms with Crippen LogP contribution in [0.2, 0.25) is 5.02 Å². The molecular formula is C14H11BrClNO. The SMILES string of the molecule is Cc1ccc(C(=O)Nc2cccc(Br)c2)c(Cl)c1. The molecule has 18 heavy (non-hydrogen) atoms. The molecule has 0 saturated heterocycles. The summed E-state index contributed by atoms with van der Waals surface area (Å²) in [6, 6.07) is 12.8. The maximum atomic E-state index is 12.0. The predicted octanol–water partition coefficient (Wildman–Crippen LogP) is 4.66. The third kappa shape index (κ3) is 3.12. The molecule has 0 aliphatic carbocycles. The van der Waals surface area contributed by atoms with Crippen molar-refractivity contribution >= 4 is 39.1 Å². The summed E-state index contributed by atoms with van der Waals surface area (Å²) in [7, 11) is 0. The van der Waals surface area contributed by atoms with Crippen LogP contribution in [0.5, 0.6) is 0 Å². The molecule has 2 nitrogen and oxygen atoms in total. The Morgan fingerprint density at radius 1 is 1.22 bits per heavy atom. The van der Waals surface area contributed by atoms with E-state index in [2.05, 4.69) is 21.2 Å². The molecule has 0 radical (unpaired) electrons. The highest BCUT2D eigenvalue weighted by molar-refractivity contribution is 9.10. The van der Waals surface area contributed by atoms with Gasteiger partial charge in [-0.1, -0.05) is 39.7 Å². The van der Waals surface area contributed by atoms with Crippen LogP contribution in [0.1, 0.15) is 15.9 Å². The Kier molecular flexibility index (Phi) is 4.04. The van der Waals surface area contributed by atoms with E-state index in [1.54, 1.807) is 12.1 Å². The molecule has 92 valence electrons. The first-order chi connectivity index (χ1) is 8.56. The summed E-state index contributed by atoms with van der Waals surface area (Å²) in [5, 5.41) is 3.27. The lowest BCUT2D eigenvalue weighted by atomic mass is 10.1. The van der Waals surface area contributed by atoms with Crippen LogP contribution in [0.15, 0.2) is 46.9 Å². The van der Waals surface area contributed by atoms with Gasteiger partial charge in [-0.2, -0.15) is 0 Å². The van der Waals surface area contributed by atoms with Gasteiger partial charge in [-0.25, -0.2) is 0 Å². The summed E-state index contributed by atoms with van der Waals surface area (Å²) in [4.78, 5) is 12.0. The average Bonchev–Trinajstić information content (AvgIpc) is 2.28. The largest absolute Gasteiger partial charge is 0.322 e. The van der Waals surface area contributed by atoms with Crippen molar-refractivity contribution in [3.05, 3.63) is 63.1 Å². The summed E-state index contributed by atoms with van der Waals surface area (Å²) in [6.45, 7) is 1.93. The minimum Gasteiger partial charge on any atom is -0.322 e. The van der Waals surface area contributed by atoms with Crippen LogP contribution < -0.4 is 5.32 Å². The Morgan fingerprint density at radius 3 is 2.67 bits per heavy atom. The second-order valence-corrected chi connectivity index (χ2v) is 5.27. The number of nitrogens with one attached hydrogen (secondary N) is 1. The lowest BCUT2D eigenvalue weighted by Gasteiger charge is -2.07. The molecular weight excluding hydrogens is 314 g/mol. The normalized spacial score (nSPS) is 10.2. The van der Waals surface area contributed by atoms with Crippen molar-refractivity contribution in [2.45, 2.75) is 6.92 Å². The number of carbonyl (C=O) groups excluding carboxylic acids is 1. The quantitative estimate of drug-likeness (QED) is 0.855. The summed E-state index contributed by atoms with van der Waals surface area (Å²) in [5.41, 5.74) is 2.23. The topological polar surface area (TPSA) is 29.1 Å². The van der Waals surface area contributed by atoms with Crippen molar-refractivity contribution in [3.63, 3.8) is 0 Å². The molecule has 0 atom stereocenters. The van der Waals surface area contributed by atoms with Gasteiger partial charge in [0.2, 0.25) is 0 Å². The summed E-state index contributed by atoms with van der Waals surface area (Å²) >= 11 is 9.41. The van der Waals surface area contributed by atoms with E-state index in [1.807, 2.05) is 37.3 Å². The van der Waals surface area contributed by atoms with Crippen LogP contribution in [0.3, 0.4) is 0 Å². The molecule has 2 aromatic rings. The molecule has 0 unspecified atom stereocenters. The Labute approximate surface area is 119 Å². The van der Waals surface area contributed by atoms with Crippen LogP contribution in [0.25, 0.3) is 0 Å². The summed E-state index contributed by atoms with van der Waals surface area (Å²) in [5.74, 6) is -0.210. The van der Waals surface area contributed by atoms with Crippen LogP contribution >= 0.6 is 27.5 Å². The molecule has 0 aromatic heterocycles. The average molecular weight is 325 g/mol. The molecule has 0 aliphatic rings. The molecule has 0 saturated carbocycles. The summed E-state index contributed by atoms with van der Waals surface area (Å²) < 4.78 is 0.912. The number of amides is 1. The number of hydrogen-bond acceptors (Lipinski definition) is 1. The molecule has 0 fully saturated rings. The number of hydrogen-bond donors (Lipinski definition) is 1. The number of aryl methyl sites for hydroxylation is 1. The first-order valence-electron chi connectivity index (χ1n) is 5.39. The van der Waals surface area contributed by atoms with Crippen molar-refractivity contribution < 1.29 is 4.79 Å². The first-order valence-corrected chi connectivity index (χ1v) is 6.56. The Balaban J connectivity index is 2.22. The zero-order valence-electron chi connectivity index (χ0n) is 9.71. The van der Waals surface area contributed by atoms with Gasteiger partial charge in [0.15, 0.2) is 0 Å². The smallest absolute Gasteiger partial charge is 0.257 e. The maximum Gasteiger partial charge on any atom is 0.257 e. The molecule has 4 heteroatoms. The van der Waals surface area contributed by atoms with E-state index in [1.165, 1.54) is 0 Å². The number of carbonyl (C=O) groups is 1. The zero-order chi connectivity index (χ0) is 13.1. The van der Waals surface area contributed by atoms with E-state index < -0.39 is 0 Å². The number of halogens is 2. The van der Waals surface area contributed by atoms with Crippen molar-refractivity contribution in [1.29, 1.82) is 0 Å². The summed E-state index contributed by atoms with van der Waals surface area (Å²) in [6.07, 6.45) is 0. The van der Waals surface area contributed by atoms with Crippen molar-refractivity contribution in [2.75, 3.05) is 5.32 Å². The fourth-order valence-corrected chi connectivity index (χ4v) is 2.29. The molecule has 2 aromatic carbocycles. The lowest BCUT2D eigenvalue weighted by Crippen LogP contribution is -2.12. The number of anilines is 1. The Morgan fingerprint density at radius 2 is 2.00 bits per heavy atom. The third-order valence-electron chi connectivity index (χ3n) is 2.45. The molecule has 0 bridgehead atoms. The molecule has 2 rings (SSSR count). The van der Waals surface area contributed by atoms with Crippen molar-refractivity contribution in [3.8, 4) is 0 Å². The minimum atomic E-state index is -0.210. The minimum absolute atomic E-state index is 0.210. The molecule has 1 amide bonds. The zero-order valence-corrected chi connectivity index (χ0v) is 12.0. The predicted molar refractivity (Wildman–Crippen MR) is 78.3 cm³/mol. The van der Waals surface area contributed by atoms with E-state index in [-0.39, 0.29) is 5.91 Å². The van der Waals surface area contributed by atoms with E-state index in [0.717, 1.165) is 15.7 Å². The van der Waals surface area contributed by atoms with E-state index >= 15 is 0 Å². The van der Waals surface area contributed by atoms with Crippen molar-refractivity contribution in [2.24, 2.45) is 0 Å². The monoisotopic (exact) mass is 323 g/mol. The fourth-order valence-electron chi connectivity index (χ4n) is 1.57. The van der Waals surface area contributed by atoms with Crippen LogP contribution in [-0.4, -0.2) is 5.91 Å². The van der Waals surface area contributed by atoms with Gasteiger partial charge in [0.05, 0.1) is 10.6 Å². The van der Waals surface area contributed by atoms with Gasteiger partial charge in [-0.3, -0.25) is 4.79 Å². The van der Waals surface area contributed by atoms with Gasteiger partial charge in [-0.15, -0.1) is 0 Å². The van der Waals surface area contributed by atoms with Gasteiger partial charge in [0.1, 0.15) is 0 Å². The maximum absolute atomic E-state index is 12.0. The van der Waals surface area contributed by atoms with E-state index in [4.69, 9.17) is 11.6 Å². The molecule has 1 N–H and O–H groups in total. The second-order valence-electron chi connectivity index (χ2n) is 3.95. The Bertz CT molecular complexity index is 598. The lowest BCUT2D eigenvalue weighted by molar-refractivity contribution is 0.102. The van der Waals surface area contributed by atoms with Gasteiger partial charge in [0.25, 0.3) is 5.91 Å². The molecule has 0 spiro atoms. The van der Waals surface area contributed by atoms with E-state index in [0.29, 0.717) is 10.6 Å². The van der Waals surface area contributed by atoms with Gasteiger partial charge >= 0.3 is 0 Å². The van der Waals surface area contributed by atoms with Crippen LogP contribution in [-0.2, 0) is 0 Å². The highest BCUT2D eigenvalue weighted by Crippen LogP contribution is 2.20. The Hall–Kier alpha value is -1.32. The first kappa shape index (κ1) is 13.1. The van der Waals surface area contributed by atoms with Gasteiger partial charge in [0, 0.05) is 10.2 Å². The third-order valence-corrected chi connectivity index (χ3v) is 3.26. The standard InChI is InChI=1S/C14H11BrClNO/c1-9-5-6-12(13(16)7-9)14(18)17-11-4-2-3-10(15)8-11/h2-8H,1H3,(H,17,18). The van der Waals surface area contributed by atoms with E-state index in [9.17, 15) is 4.79 Å². The second kappa shape index (κ2) is 5.55. The highest BCUT2D eigenvalue weighted by atomic mass is 79.9. The highest BCUT2D eigenvalue weighted by Gasteiger charge is 2.10. The van der Waals surface area contributed by atoms with Gasteiger partial charge < -0.3 is 5.32 Å². The van der Waals surface area contributed by atoms with Crippen LogP contribution in [0.4, 0.5) is 5.69 Å². The molecule has 0 heterocycles. The van der Waals surface area contributed by atoms with Gasteiger partial charge in [-0.05, 0) is 42.8 Å². The number of rotatable bonds is 2. The van der Waals surface area contributed by atoms with Crippen LogP contribution in [0, 0.1) is 6.92 Å². The molecule has 0 aliphatic heterocycles.